The molecular weight excluding hydrogens is 578 g/mol. The molecule has 0 saturated heterocycles. The molecule has 2 amide bonds. The Bertz CT molecular complexity index is 1710. The Balaban J connectivity index is 1.31. The number of Topliss-reactive ketones (excluding diaryl/α,β-unsaturated/α-hetero) is 1. The van der Waals surface area contributed by atoms with Crippen molar-refractivity contribution in [2.24, 2.45) is 0 Å². The summed E-state index contributed by atoms with van der Waals surface area (Å²) in [5, 5.41) is 14.8. The van der Waals surface area contributed by atoms with Crippen molar-refractivity contribution < 1.29 is 14.3 Å². The molecule has 2 atom stereocenters. The van der Waals surface area contributed by atoms with E-state index in [9.17, 15) is 9.59 Å². The molecule has 1 aromatic carbocycles. The Hall–Kier alpha value is -4.31. The van der Waals surface area contributed by atoms with Gasteiger partial charge in [0.2, 0.25) is 0 Å². The number of nitrogens with zero attached hydrogens (tertiary/aromatic N) is 5. The number of aromatic nitrogens is 4. The van der Waals surface area contributed by atoms with Crippen LogP contribution in [0.2, 0.25) is 0 Å². The maximum absolute atomic E-state index is 13.4. The van der Waals surface area contributed by atoms with Crippen molar-refractivity contribution in [3.8, 4) is 5.75 Å². The van der Waals surface area contributed by atoms with Crippen LogP contribution in [0.3, 0.4) is 0 Å². The molecule has 244 valence electrons. The fraction of sp³-hybridized carbons (Fsp3) is 0.472. The largest absolute Gasteiger partial charge is 0.484 e. The molecule has 4 aromatic rings. The van der Waals surface area contributed by atoms with Crippen molar-refractivity contribution in [2.75, 3.05) is 26.0 Å². The summed E-state index contributed by atoms with van der Waals surface area (Å²) in [7, 11) is 3.98. The smallest absolute Gasteiger partial charge is 0.320 e. The second kappa shape index (κ2) is 13.2. The summed E-state index contributed by atoms with van der Waals surface area (Å²) in [5.41, 5.74) is 3.76. The Labute approximate surface area is 272 Å². The fourth-order valence-corrected chi connectivity index (χ4v) is 5.80. The van der Waals surface area contributed by atoms with Gasteiger partial charge in [-0.2, -0.15) is 0 Å². The van der Waals surface area contributed by atoms with E-state index in [1.807, 2.05) is 67.2 Å². The van der Waals surface area contributed by atoms with Gasteiger partial charge in [-0.05, 0) is 86.3 Å². The van der Waals surface area contributed by atoms with Gasteiger partial charge in [-0.25, -0.2) is 9.78 Å². The van der Waals surface area contributed by atoms with Gasteiger partial charge in [0.15, 0.2) is 11.4 Å². The van der Waals surface area contributed by atoms with E-state index >= 15 is 0 Å². The molecule has 1 aliphatic carbocycles. The lowest BCUT2D eigenvalue weighted by atomic mass is 9.85. The normalized spacial score (nSPS) is 16.7. The zero-order valence-corrected chi connectivity index (χ0v) is 28.3. The zero-order valence-electron chi connectivity index (χ0n) is 28.3. The lowest BCUT2D eigenvalue weighted by Gasteiger charge is -2.32. The number of amides is 2. The Morgan fingerprint density at radius 2 is 1.70 bits per heavy atom. The summed E-state index contributed by atoms with van der Waals surface area (Å²) in [6, 6.07) is 15.1. The Kier molecular flexibility index (Phi) is 9.49. The first kappa shape index (κ1) is 33.1. The number of anilines is 1. The van der Waals surface area contributed by atoms with Crippen molar-refractivity contribution in [3.05, 3.63) is 82.9 Å². The van der Waals surface area contributed by atoms with Crippen molar-refractivity contribution in [3.63, 3.8) is 0 Å². The first-order valence-corrected chi connectivity index (χ1v) is 16.1. The van der Waals surface area contributed by atoms with Crippen LogP contribution in [0.15, 0.2) is 54.7 Å². The molecule has 0 radical (unpaired) electrons. The highest BCUT2D eigenvalue weighted by atomic mass is 16.5. The molecule has 2 N–H and O–H groups in total. The molecule has 0 aliphatic heterocycles. The second-order valence-electron chi connectivity index (χ2n) is 14.5. The number of benzene rings is 1. The lowest BCUT2D eigenvalue weighted by Crippen LogP contribution is -2.36. The molecule has 46 heavy (non-hydrogen) atoms. The molecule has 0 unspecified atom stereocenters. The number of hydrogen-bond donors (Lipinski definition) is 2. The number of fused-ring (bicyclic) bond motifs is 2. The number of ether oxygens (including phenoxy) is 1. The van der Waals surface area contributed by atoms with Crippen LogP contribution in [0.1, 0.15) is 112 Å². The van der Waals surface area contributed by atoms with Crippen LogP contribution in [-0.4, -0.2) is 56.9 Å². The lowest BCUT2D eigenvalue weighted by molar-refractivity contribution is 0.0972. The third-order valence-electron chi connectivity index (χ3n) is 8.29. The van der Waals surface area contributed by atoms with E-state index in [4.69, 9.17) is 4.74 Å². The number of carbonyl (C=O) groups excluding carboxylic acids is 2. The molecular formula is C36H47N7O3. The van der Waals surface area contributed by atoms with Crippen LogP contribution in [0.25, 0.3) is 5.65 Å². The van der Waals surface area contributed by atoms with E-state index in [-0.39, 0.29) is 34.8 Å². The summed E-state index contributed by atoms with van der Waals surface area (Å²) in [6.07, 6.45) is 4.35. The molecule has 3 heterocycles. The van der Waals surface area contributed by atoms with E-state index in [1.54, 1.807) is 0 Å². The van der Waals surface area contributed by atoms with Gasteiger partial charge < -0.3 is 15.0 Å². The van der Waals surface area contributed by atoms with Gasteiger partial charge >= 0.3 is 6.03 Å². The van der Waals surface area contributed by atoms with Crippen LogP contribution in [0.5, 0.6) is 5.75 Å². The number of urea groups is 1. The van der Waals surface area contributed by atoms with Gasteiger partial charge in [-0.1, -0.05) is 65.8 Å². The van der Waals surface area contributed by atoms with Crippen LogP contribution < -0.4 is 15.4 Å². The number of hydrogen-bond acceptors (Lipinski definition) is 7. The second-order valence-corrected chi connectivity index (χ2v) is 14.5. The number of nitrogens with one attached hydrogen (secondary N) is 2. The third kappa shape index (κ3) is 7.73. The average molecular weight is 626 g/mol. The third-order valence-corrected chi connectivity index (χ3v) is 8.29. The minimum Gasteiger partial charge on any atom is -0.484 e. The summed E-state index contributed by atoms with van der Waals surface area (Å²) in [4.78, 5) is 33.0. The van der Waals surface area contributed by atoms with Crippen molar-refractivity contribution in [1.29, 1.82) is 0 Å². The summed E-state index contributed by atoms with van der Waals surface area (Å²) >= 11 is 0. The molecule has 0 saturated carbocycles. The van der Waals surface area contributed by atoms with Crippen LogP contribution in [0, 0.1) is 0 Å². The fourth-order valence-electron chi connectivity index (χ4n) is 5.80. The zero-order chi connectivity index (χ0) is 33.2. The first-order valence-electron chi connectivity index (χ1n) is 16.1. The monoisotopic (exact) mass is 625 g/mol. The predicted octanol–water partition coefficient (Wildman–Crippen LogP) is 7.02. The van der Waals surface area contributed by atoms with Crippen LogP contribution >= 0.6 is 0 Å². The standard InChI is InChI=1S/C36H47N7O3/c1-35(2,3)23-20-28(29(44)14-11-19-42(7)8)37-31(21-23)39-34(45)38-27-16-17-30(26-13-10-9-12-25(26)27)46-24-15-18-32-40-41-33(36(4,5)6)43(32)22-24/h9-10,12-13,15,18,20-22,27,30H,11,14,16-17,19H2,1-8H3,(H2,37,38,39,45)/t27-,30+/m0/s1. The first-order chi connectivity index (χ1) is 21.7. The number of ketones is 1. The van der Waals surface area contributed by atoms with Gasteiger partial charge in [0.1, 0.15) is 29.2 Å². The van der Waals surface area contributed by atoms with E-state index in [0.29, 0.717) is 24.4 Å². The van der Waals surface area contributed by atoms with Gasteiger partial charge in [0, 0.05) is 11.8 Å². The van der Waals surface area contributed by atoms with Crippen molar-refractivity contribution in [1.82, 2.24) is 29.8 Å². The molecule has 3 aromatic heterocycles. The average Bonchev–Trinajstić information content (AvgIpc) is 3.42. The molecule has 1 aliphatic rings. The summed E-state index contributed by atoms with van der Waals surface area (Å²) < 4.78 is 8.54. The Morgan fingerprint density at radius 3 is 2.39 bits per heavy atom. The van der Waals surface area contributed by atoms with E-state index in [1.165, 1.54) is 0 Å². The predicted molar refractivity (Wildman–Crippen MR) is 181 cm³/mol. The maximum atomic E-state index is 13.4. The maximum Gasteiger partial charge on any atom is 0.320 e. The minimum absolute atomic E-state index is 0.0262. The van der Waals surface area contributed by atoms with Crippen molar-refractivity contribution in [2.45, 2.75) is 90.2 Å². The van der Waals surface area contributed by atoms with Gasteiger partial charge in [-0.3, -0.25) is 14.5 Å². The number of rotatable bonds is 9. The number of pyridine rings is 2. The quantitative estimate of drug-likeness (QED) is 0.192. The highest BCUT2D eigenvalue weighted by Gasteiger charge is 2.30. The molecule has 10 nitrogen and oxygen atoms in total. The van der Waals surface area contributed by atoms with Gasteiger partial charge in [0.05, 0.1) is 12.2 Å². The van der Waals surface area contributed by atoms with Crippen LogP contribution in [0.4, 0.5) is 10.6 Å². The molecule has 10 heteroatoms. The molecule has 5 rings (SSSR count). The molecule has 0 bridgehead atoms. The molecule has 0 fully saturated rings. The van der Waals surface area contributed by atoms with Crippen molar-refractivity contribution >= 4 is 23.3 Å². The Morgan fingerprint density at radius 1 is 0.957 bits per heavy atom. The topological polar surface area (TPSA) is 114 Å². The van der Waals surface area contributed by atoms with Gasteiger partial charge in [-0.15, -0.1) is 10.2 Å². The summed E-state index contributed by atoms with van der Waals surface area (Å²) in [6.45, 7) is 13.4. The highest BCUT2D eigenvalue weighted by molar-refractivity contribution is 5.96. The van der Waals surface area contributed by atoms with E-state index in [2.05, 4.69) is 78.3 Å². The SMILES string of the molecule is CN(C)CCCC(=O)c1cc(C(C)(C)C)cc(NC(=O)N[C@H]2CC[C@@H](Oc3ccc4nnc(C(C)(C)C)n4c3)c3ccccc32)n1. The molecule has 0 spiro atoms. The van der Waals surface area contributed by atoms with Gasteiger partial charge in [0.25, 0.3) is 0 Å². The highest BCUT2D eigenvalue weighted by Crippen LogP contribution is 2.39. The number of carbonyl (C=O) groups is 2. The van der Waals surface area contributed by atoms with Crippen LogP contribution in [-0.2, 0) is 10.8 Å². The summed E-state index contributed by atoms with van der Waals surface area (Å²) in [5.74, 6) is 1.95. The minimum atomic E-state index is -0.364. The van der Waals surface area contributed by atoms with E-state index < -0.39 is 0 Å². The van der Waals surface area contributed by atoms with E-state index in [0.717, 1.165) is 53.3 Å².